The number of amides is 1. The van der Waals surface area contributed by atoms with E-state index >= 15 is 0 Å². The van der Waals surface area contributed by atoms with E-state index in [9.17, 15) is 9.59 Å². The summed E-state index contributed by atoms with van der Waals surface area (Å²) in [6.45, 7) is 9.34. The molecule has 7 heteroatoms. The maximum atomic E-state index is 12.8. The van der Waals surface area contributed by atoms with Crippen molar-refractivity contribution in [1.29, 1.82) is 0 Å². The molecule has 0 bridgehead atoms. The first kappa shape index (κ1) is 23.1. The number of aromatic nitrogens is 1. The van der Waals surface area contributed by atoms with Crippen molar-refractivity contribution >= 4 is 17.0 Å². The van der Waals surface area contributed by atoms with Gasteiger partial charge in [0, 0.05) is 37.2 Å². The molecule has 1 fully saturated rings. The van der Waals surface area contributed by atoms with Crippen LogP contribution in [0.25, 0.3) is 16.2 Å². The average molecular weight is 429 g/mol. The van der Waals surface area contributed by atoms with E-state index in [1.807, 2.05) is 57.5 Å². The second-order valence-corrected chi connectivity index (χ2v) is 9.37. The summed E-state index contributed by atoms with van der Waals surface area (Å²) < 4.78 is 12.7. The van der Waals surface area contributed by atoms with Crippen LogP contribution in [0.15, 0.2) is 29.1 Å². The zero-order chi connectivity index (χ0) is 22.8. The van der Waals surface area contributed by atoms with Crippen LogP contribution in [-0.4, -0.2) is 53.9 Å². The highest BCUT2D eigenvalue weighted by Gasteiger charge is 2.30. The molecule has 1 aromatic heterocycles. The van der Waals surface area contributed by atoms with E-state index in [0.717, 1.165) is 41.5 Å². The summed E-state index contributed by atoms with van der Waals surface area (Å²) in [6.07, 6.45) is 1.97. The van der Waals surface area contributed by atoms with Gasteiger partial charge >= 0.3 is 6.09 Å². The van der Waals surface area contributed by atoms with Crippen molar-refractivity contribution in [3.63, 3.8) is 0 Å². The topological polar surface area (TPSA) is 74.9 Å². The molecule has 0 saturated carbocycles. The van der Waals surface area contributed by atoms with Crippen LogP contribution in [0, 0.1) is 6.92 Å². The third kappa shape index (κ3) is 5.21. The average Bonchev–Trinajstić information content (AvgIpc) is 2.72. The predicted octanol–water partition coefficient (Wildman–Crippen LogP) is 4.48. The molecule has 1 saturated heterocycles. The molecule has 0 N–H and O–H groups in total. The molecular formula is C24H34N3O4-. The monoisotopic (exact) mass is 428 g/mol. The van der Waals surface area contributed by atoms with E-state index in [2.05, 4.69) is 0 Å². The smallest absolute Gasteiger partial charge is 0.410 e. The van der Waals surface area contributed by atoms with Gasteiger partial charge in [-0.3, -0.25) is 4.79 Å². The lowest BCUT2D eigenvalue weighted by atomic mass is 9.84. The third-order valence-electron chi connectivity index (χ3n) is 6.15. The van der Waals surface area contributed by atoms with E-state index in [-0.39, 0.29) is 17.2 Å². The van der Waals surface area contributed by atoms with Crippen LogP contribution in [0.2, 0.25) is 0 Å². The lowest BCUT2D eigenvalue weighted by molar-refractivity contribution is 0.0176. The zero-order valence-corrected chi connectivity index (χ0v) is 19.5. The Morgan fingerprint density at radius 2 is 1.87 bits per heavy atom. The minimum atomic E-state index is -0.504. The van der Waals surface area contributed by atoms with Gasteiger partial charge in [-0.2, -0.15) is 7.05 Å². The lowest BCUT2D eigenvalue weighted by Crippen LogP contribution is -2.48. The standard InChI is InChI=1S/C24H34N3O4/c1-17-15-21(28)27(20-16-18(30-6)7-8-19(17)20)14-11-24(25-5)9-12-26(13-10-24)22(29)31-23(2,3)4/h7-8,15-16H,9-14H2,1-6H3/q-1. The van der Waals surface area contributed by atoms with E-state index in [4.69, 9.17) is 14.8 Å². The molecule has 0 unspecified atom stereocenters. The van der Waals surface area contributed by atoms with Gasteiger partial charge in [0.15, 0.2) is 0 Å². The molecular weight excluding hydrogens is 394 g/mol. The number of hydrogen-bond acceptors (Lipinski definition) is 4. The number of piperidine rings is 1. The number of benzene rings is 1. The van der Waals surface area contributed by atoms with Crippen molar-refractivity contribution in [2.24, 2.45) is 0 Å². The van der Waals surface area contributed by atoms with Crippen molar-refractivity contribution in [2.75, 3.05) is 27.2 Å². The molecule has 0 aliphatic carbocycles. The highest BCUT2D eigenvalue weighted by molar-refractivity contribution is 5.83. The van der Waals surface area contributed by atoms with Crippen LogP contribution in [0.1, 0.15) is 45.6 Å². The number of carbonyl (C=O) groups excluding carboxylic acids is 1. The van der Waals surface area contributed by atoms with E-state index in [1.165, 1.54) is 0 Å². The summed E-state index contributed by atoms with van der Waals surface area (Å²) in [5, 5.41) is 5.75. The Bertz CT molecular complexity index is 998. The molecule has 31 heavy (non-hydrogen) atoms. The normalized spacial score (nSPS) is 16.4. The molecule has 2 aromatic rings. The Balaban J connectivity index is 1.77. The number of ether oxygens (including phenoxy) is 2. The molecule has 0 spiro atoms. The van der Waals surface area contributed by atoms with Crippen molar-refractivity contribution in [2.45, 2.75) is 64.6 Å². The summed E-state index contributed by atoms with van der Waals surface area (Å²) in [5.41, 5.74) is 1.06. The summed E-state index contributed by atoms with van der Waals surface area (Å²) in [7, 11) is 3.46. The number of carbonyl (C=O) groups is 1. The molecule has 1 amide bonds. The Hall–Kier alpha value is -2.54. The van der Waals surface area contributed by atoms with Crippen LogP contribution in [0.5, 0.6) is 5.75 Å². The van der Waals surface area contributed by atoms with Gasteiger partial charge < -0.3 is 24.3 Å². The second-order valence-electron chi connectivity index (χ2n) is 9.37. The SMILES string of the molecule is C[N-]C1(CCn2c(=O)cc(C)c3ccc(OC)cc32)CCN(C(=O)OC(C)(C)C)CC1. The summed E-state index contributed by atoms with van der Waals surface area (Å²) in [6, 6.07) is 7.53. The zero-order valence-electron chi connectivity index (χ0n) is 19.5. The number of likely N-dealkylation sites (tertiary alicyclic amines) is 1. The van der Waals surface area contributed by atoms with Crippen LogP contribution >= 0.6 is 0 Å². The summed E-state index contributed by atoms with van der Waals surface area (Å²) >= 11 is 0. The molecule has 0 atom stereocenters. The molecule has 7 nitrogen and oxygen atoms in total. The fraction of sp³-hybridized carbons (Fsp3) is 0.583. The van der Waals surface area contributed by atoms with Crippen LogP contribution in [0.3, 0.4) is 0 Å². The number of pyridine rings is 1. The minimum absolute atomic E-state index is 0.0179. The fourth-order valence-electron chi connectivity index (χ4n) is 4.22. The lowest BCUT2D eigenvalue weighted by Gasteiger charge is -2.51. The van der Waals surface area contributed by atoms with Crippen LogP contribution in [-0.2, 0) is 11.3 Å². The van der Waals surface area contributed by atoms with Crippen LogP contribution in [0.4, 0.5) is 4.79 Å². The van der Waals surface area contributed by atoms with Gasteiger partial charge in [0.25, 0.3) is 5.56 Å². The van der Waals surface area contributed by atoms with Gasteiger partial charge in [-0.05, 0) is 64.7 Å². The maximum Gasteiger partial charge on any atom is 0.410 e. The van der Waals surface area contributed by atoms with Crippen molar-refractivity contribution in [3.8, 4) is 5.75 Å². The number of methoxy groups -OCH3 is 1. The van der Waals surface area contributed by atoms with E-state index in [1.54, 1.807) is 18.1 Å². The Kier molecular flexibility index (Phi) is 6.65. The van der Waals surface area contributed by atoms with Gasteiger partial charge in [0.05, 0.1) is 12.6 Å². The summed E-state index contributed by atoms with van der Waals surface area (Å²) in [5.74, 6) is 0.729. The quantitative estimate of drug-likeness (QED) is 0.704. The van der Waals surface area contributed by atoms with Gasteiger partial charge in [0.1, 0.15) is 11.4 Å². The van der Waals surface area contributed by atoms with E-state index < -0.39 is 5.60 Å². The third-order valence-corrected chi connectivity index (χ3v) is 6.15. The number of aryl methyl sites for hydroxylation is 2. The van der Waals surface area contributed by atoms with Crippen LogP contribution < -0.4 is 10.3 Å². The molecule has 0 radical (unpaired) electrons. The fourth-order valence-corrected chi connectivity index (χ4v) is 4.22. The molecule has 3 rings (SSSR count). The molecule has 2 heterocycles. The Morgan fingerprint density at radius 3 is 2.45 bits per heavy atom. The number of fused-ring (bicyclic) bond motifs is 1. The molecule has 1 aliphatic rings. The molecule has 170 valence electrons. The van der Waals surface area contributed by atoms with Crippen molar-refractivity contribution in [3.05, 3.63) is 45.5 Å². The number of rotatable bonds is 5. The number of nitrogens with zero attached hydrogens (tertiary/aromatic N) is 3. The minimum Gasteiger partial charge on any atom is -0.659 e. The van der Waals surface area contributed by atoms with Gasteiger partial charge in [-0.1, -0.05) is 0 Å². The predicted molar refractivity (Wildman–Crippen MR) is 123 cm³/mol. The van der Waals surface area contributed by atoms with E-state index in [0.29, 0.717) is 19.6 Å². The van der Waals surface area contributed by atoms with Gasteiger partial charge in [-0.25, -0.2) is 4.79 Å². The van der Waals surface area contributed by atoms with Gasteiger partial charge in [-0.15, -0.1) is 5.54 Å². The maximum absolute atomic E-state index is 12.8. The largest absolute Gasteiger partial charge is 0.659 e. The van der Waals surface area contributed by atoms with Gasteiger partial charge in [0.2, 0.25) is 0 Å². The first-order chi connectivity index (χ1) is 14.6. The Labute approximate surface area is 184 Å². The second kappa shape index (κ2) is 8.91. The Morgan fingerprint density at radius 1 is 1.19 bits per heavy atom. The first-order valence-electron chi connectivity index (χ1n) is 10.8. The van der Waals surface area contributed by atoms with Crippen molar-refractivity contribution < 1.29 is 14.3 Å². The first-order valence-corrected chi connectivity index (χ1v) is 10.8. The highest BCUT2D eigenvalue weighted by Crippen LogP contribution is 2.34. The molecule has 1 aromatic carbocycles. The molecule has 1 aliphatic heterocycles. The highest BCUT2D eigenvalue weighted by atomic mass is 16.6. The number of hydrogen-bond donors (Lipinski definition) is 0. The summed E-state index contributed by atoms with van der Waals surface area (Å²) in [4.78, 5) is 27.0. The van der Waals surface area contributed by atoms with Crippen molar-refractivity contribution in [1.82, 2.24) is 9.47 Å².